The second-order valence-corrected chi connectivity index (χ2v) is 5.65. The molecule has 106 valence electrons. The monoisotopic (exact) mass is 280 g/mol. The van der Waals surface area contributed by atoms with Gasteiger partial charge in [0.05, 0.1) is 12.0 Å². The van der Waals surface area contributed by atoms with Crippen LogP contribution < -0.4 is 5.32 Å². The van der Waals surface area contributed by atoms with E-state index >= 15 is 0 Å². The van der Waals surface area contributed by atoms with Gasteiger partial charge in [0, 0.05) is 12.1 Å². The van der Waals surface area contributed by atoms with Crippen LogP contribution in [0.4, 0.5) is 5.95 Å². The lowest BCUT2D eigenvalue weighted by molar-refractivity contribution is -0.123. The van der Waals surface area contributed by atoms with Crippen molar-refractivity contribution in [1.29, 1.82) is 0 Å². The fraction of sp³-hybridized carbons (Fsp3) is 0.312. The number of anilines is 1. The molecule has 0 saturated carbocycles. The minimum Gasteiger partial charge on any atom is -0.328 e. The van der Waals surface area contributed by atoms with Gasteiger partial charge in [-0.1, -0.05) is 35.9 Å². The third-order valence-electron chi connectivity index (χ3n) is 4.26. The zero-order chi connectivity index (χ0) is 14.4. The van der Waals surface area contributed by atoms with Crippen LogP contribution in [0.15, 0.2) is 42.4 Å². The molecule has 1 N–H and O–H groups in total. The Morgan fingerprint density at radius 2 is 2.10 bits per heavy atom. The average molecular weight is 280 g/mol. The molecule has 2 aliphatic rings. The molecule has 1 aromatic heterocycles. The maximum absolute atomic E-state index is 12.5. The fourth-order valence-electron chi connectivity index (χ4n) is 3.21. The number of nitrogens with one attached hydrogen (secondary N) is 1. The lowest BCUT2D eigenvalue weighted by Crippen LogP contribution is -2.38. The average Bonchev–Trinajstić information content (AvgIpc) is 2.94. The summed E-state index contributed by atoms with van der Waals surface area (Å²) in [7, 11) is 0. The molecule has 5 heteroatoms. The molecule has 0 unspecified atom stereocenters. The van der Waals surface area contributed by atoms with E-state index in [1.54, 1.807) is 0 Å². The number of allylic oxidation sites excluding steroid dienone is 2. The van der Waals surface area contributed by atoms with Crippen LogP contribution in [0.2, 0.25) is 0 Å². The Labute approximate surface area is 122 Å². The van der Waals surface area contributed by atoms with Gasteiger partial charge >= 0.3 is 0 Å². The number of ketones is 1. The van der Waals surface area contributed by atoms with E-state index in [-0.39, 0.29) is 17.7 Å². The summed E-state index contributed by atoms with van der Waals surface area (Å²) in [6, 6.07) is 8.20. The van der Waals surface area contributed by atoms with Crippen LogP contribution in [0, 0.1) is 12.8 Å². The second-order valence-electron chi connectivity index (χ2n) is 5.65. The SMILES string of the molecule is Cc1ccc([C@H]2[C@@H]3C(=O)CCC=C3Nc3ncnn32)cc1. The van der Waals surface area contributed by atoms with Gasteiger partial charge < -0.3 is 5.32 Å². The molecule has 2 heterocycles. The molecule has 0 spiro atoms. The minimum atomic E-state index is -0.185. The van der Waals surface area contributed by atoms with Crippen molar-refractivity contribution in [3.05, 3.63) is 53.5 Å². The smallest absolute Gasteiger partial charge is 0.226 e. The summed E-state index contributed by atoms with van der Waals surface area (Å²) in [5.74, 6) is 0.792. The maximum Gasteiger partial charge on any atom is 0.226 e. The Morgan fingerprint density at radius 3 is 2.90 bits per heavy atom. The standard InChI is InChI=1S/C16H16N4O/c1-10-5-7-11(8-6-10)15-14-12(3-2-4-13(14)21)19-16-17-9-18-20(15)16/h3,5-9,14-15H,2,4H2,1H3,(H,17,18,19)/t14-,15-/m0/s1. The van der Waals surface area contributed by atoms with Gasteiger partial charge in [0.2, 0.25) is 5.95 Å². The number of carbonyl (C=O) groups is 1. The normalized spacial score (nSPS) is 23.9. The minimum absolute atomic E-state index is 0.108. The van der Waals surface area contributed by atoms with Gasteiger partial charge in [0.15, 0.2) is 0 Å². The number of aromatic nitrogens is 3. The summed E-state index contributed by atoms with van der Waals surface area (Å²) < 4.78 is 1.83. The Balaban J connectivity index is 1.89. The molecule has 5 nitrogen and oxygen atoms in total. The molecule has 0 radical (unpaired) electrons. The van der Waals surface area contributed by atoms with E-state index in [0.717, 1.165) is 17.7 Å². The van der Waals surface area contributed by atoms with Crippen molar-refractivity contribution >= 4 is 11.7 Å². The summed E-state index contributed by atoms with van der Waals surface area (Å²) in [5, 5.41) is 7.58. The van der Waals surface area contributed by atoms with Crippen LogP contribution in [0.5, 0.6) is 0 Å². The Morgan fingerprint density at radius 1 is 1.29 bits per heavy atom. The first-order valence-corrected chi connectivity index (χ1v) is 7.20. The molecular formula is C16H16N4O. The highest BCUT2D eigenvalue weighted by Gasteiger charge is 2.40. The van der Waals surface area contributed by atoms with Crippen molar-refractivity contribution in [2.45, 2.75) is 25.8 Å². The molecule has 0 bridgehead atoms. The van der Waals surface area contributed by atoms with Gasteiger partial charge in [-0.2, -0.15) is 10.1 Å². The van der Waals surface area contributed by atoms with Crippen molar-refractivity contribution in [1.82, 2.24) is 14.8 Å². The van der Waals surface area contributed by atoms with E-state index in [2.05, 4.69) is 52.7 Å². The lowest BCUT2D eigenvalue weighted by Gasteiger charge is -2.36. The van der Waals surface area contributed by atoms with Gasteiger partial charge in [0.25, 0.3) is 0 Å². The molecule has 4 rings (SSSR count). The third-order valence-corrected chi connectivity index (χ3v) is 4.26. The third kappa shape index (κ3) is 1.88. The number of carbonyl (C=O) groups excluding carboxylic acids is 1. The van der Waals surface area contributed by atoms with Crippen LogP contribution >= 0.6 is 0 Å². The van der Waals surface area contributed by atoms with Gasteiger partial charge in [-0.3, -0.25) is 4.79 Å². The van der Waals surface area contributed by atoms with Crippen LogP contribution in [-0.2, 0) is 4.79 Å². The molecule has 0 fully saturated rings. The Bertz CT molecular complexity index is 729. The van der Waals surface area contributed by atoms with E-state index in [4.69, 9.17) is 0 Å². The van der Waals surface area contributed by atoms with Crippen molar-refractivity contribution in [2.24, 2.45) is 5.92 Å². The number of hydrogen-bond acceptors (Lipinski definition) is 4. The quantitative estimate of drug-likeness (QED) is 0.871. The molecular weight excluding hydrogens is 264 g/mol. The summed E-state index contributed by atoms with van der Waals surface area (Å²) >= 11 is 0. The number of hydrogen-bond donors (Lipinski definition) is 1. The van der Waals surface area contributed by atoms with E-state index in [1.165, 1.54) is 11.9 Å². The van der Waals surface area contributed by atoms with Gasteiger partial charge in [-0.25, -0.2) is 4.68 Å². The predicted molar refractivity (Wildman–Crippen MR) is 78.8 cm³/mol. The predicted octanol–water partition coefficient (Wildman–Crippen LogP) is 2.46. The Kier molecular flexibility index (Phi) is 2.67. The molecule has 21 heavy (non-hydrogen) atoms. The van der Waals surface area contributed by atoms with Crippen LogP contribution in [0.25, 0.3) is 0 Å². The number of fused-ring (bicyclic) bond motifs is 2. The maximum atomic E-state index is 12.5. The van der Waals surface area contributed by atoms with E-state index in [9.17, 15) is 4.79 Å². The highest BCUT2D eigenvalue weighted by molar-refractivity contribution is 5.87. The van der Waals surface area contributed by atoms with Crippen molar-refractivity contribution in [2.75, 3.05) is 5.32 Å². The zero-order valence-electron chi connectivity index (χ0n) is 11.8. The highest BCUT2D eigenvalue weighted by Crippen LogP contribution is 2.40. The molecule has 1 aliphatic heterocycles. The number of benzene rings is 1. The van der Waals surface area contributed by atoms with Crippen molar-refractivity contribution in [3.8, 4) is 0 Å². The molecule has 1 aromatic carbocycles. The second kappa shape index (κ2) is 4.55. The largest absolute Gasteiger partial charge is 0.328 e. The zero-order valence-corrected chi connectivity index (χ0v) is 11.8. The molecule has 2 aromatic rings. The van der Waals surface area contributed by atoms with Crippen LogP contribution in [0.1, 0.15) is 30.0 Å². The summed E-state index contributed by atoms with van der Waals surface area (Å²) in [6.45, 7) is 2.06. The van der Waals surface area contributed by atoms with Gasteiger partial charge in [-0.15, -0.1) is 0 Å². The van der Waals surface area contributed by atoms with Crippen molar-refractivity contribution in [3.63, 3.8) is 0 Å². The van der Waals surface area contributed by atoms with Gasteiger partial charge in [-0.05, 0) is 18.9 Å². The summed E-state index contributed by atoms with van der Waals surface area (Å²) in [4.78, 5) is 16.7. The first kappa shape index (κ1) is 12.3. The first-order valence-electron chi connectivity index (χ1n) is 7.20. The molecule has 0 amide bonds. The molecule has 2 atom stereocenters. The number of nitrogens with zero attached hydrogens (tertiary/aromatic N) is 3. The number of aryl methyl sites for hydroxylation is 1. The van der Waals surface area contributed by atoms with E-state index in [1.807, 2.05) is 4.68 Å². The van der Waals surface area contributed by atoms with E-state index < -0.39 is 0 Å². The fourth-order valence-corrected chi connectivity index (χ4v) is 3.21. The molecule has 1 aliphatic carbocycles. The topological polar surface area (TPSA) is 59.8 Å². The van der Waals surface area contributed by atoms with Gasteiger partial charge in [0.1, 0.15) is 12.1 Å². The summed E-state index contributed by atoms with van der Waals surface area (Å²) in [5.41, 5.74) is 3.27. The van der Waals surface area contributed by atoms with Crippen molar-refractivity contribution < 1.29 is 4.79 Å². The Hall–Kier alpha value is -2.43. The summed E-state index contributed by atoms with van der Waals surface area (Å²) in [6.07, 6.45) is 5.05. The van der Waals surface area contributed by atoms with Crippen LogP contribution in [0.3, 0.4) is 0 Å². The molecule has 0 saturated heterocycles. The first-order chi connectivity index (χ1) is 10.2. The lowest BCUT2D eigenvalue weighted by atomic mass is 9.81. The number of Topliss-reactive ketones (excluding diaryl/α,β-unsaturated/α-hetero) is 1. The number of rotatable bonds is 1. The van der Waals surface area contributed by atoms with Crippen LogP contribution in [-0.4, -0.2) is 20.5 Å². The van der Waals surface area contributed by atoms with E-state index in [0.29, 0.717) is 12.4 Å². The highest BCUT2D eigenvalue weighted by atomic mass is 16.1.